The van der Waals surface area contributed by atoms with Gasteiger partial charge < -0.3 is 9.84 Å². The van der Waals surface area contributed by atoms with Gasteiger partial charge in [-0.05, 0) is 30.6 Å². The van der Waals surface area contributed by atoms with Crippen LogP contribution in [0.15, 0.2) is 0 Å². The molecular formula is C8H14O2. The van der Waals surface area contributed by atoms with Crippen molar-refractivity contribution < 1.29 is 9.84 Å². The first-order chi connectivity index (χ1) is 4.87. The van der Waals surface area contributed by atoms with E-state index >= 15 is 0 Å². The zero-order valence-corrected chi connectivity index (χ0v) is 6.18. The van der Waals surface area contributed by atoms with E-state index in [1.165, 1.54) is 19.3 Å². The minimum atomic E-state index is 0.389. The van der Waals surface area contributed by atoms with Gasteiger partial charge in [-0.3, -0.25) is 0 Å². The van der Waals surface area contributed by atoms with Gasteiger partial charge in [0.2, 0.25) is 0 Å². The van der Waals surface area contributed by atoms with Gasteiger partial charge in [0.25, 0.3) is 0 Å². The van der Waals surface area contributed by atoms with Gasteiger partial charge in [-0.15, -0.1) is 0 Å². The monoisotopic (exact) mass is 142 g/mol. The molecule has 1 saturated carbocycles. The molecule has 2 heteroatoms. The van der Waals surface area contributed by atoms with Gasteiger partial charge in [-0.25, -0.2) is 0 Å². The number of rotatable bonds is 1. The Morgan fingerprint density at radius 2 is 2.10 bits per heavy atom. The summed E-state index contributed by atoms with van der Waals surface area (Å²) >= 11 is 0. The summed E-state index contributed by atoms with van der Waals surface area (Å²) in [7, 11) is 0. The Morgan fingerprint density at radius 1 is 1.40 bits per heavy atom. The molecule has 0 aromatic carbocycles. The van der Waals surface area contributed by atoms with E-state index in [0.717, 1.165) is 13.2 Å². The highest BCUT2D eigenvalue weighted by atomic mass is 16.5. The third-order valence-electron chi connectivity index (χ3n) is 3.07. The van der Waals surface area contributed by atoms with Gasteiger partial charge >= 0.3 is 0 Å². The van der Waals surface area contributed by atoms with Gasteiger partial charge in [0, 0.05) is 19.8 Å². The predicted molar refractivity (Wildman–Crippen MR) is 37.7 cm³/mol. The quantitative estimate of drug-likeness (QED) is 0.586. The first-order valence-electron chi connectivity index (χ1n) is 4.06. The summed E-state index contributed by atoms with van der Waals surface area (Å²) < 4.78 is 5.26. The van der Waals surface area contributed by atoms with Crippen molar-refractivity contribution in [2.24, 2.45) is 11.3 Å². The lowest BCUT2D eigenvalue weighted by molar-refractivity contribution is 0.0478. The van der Waals surface area contributed by atoms with E-state index in [-0.39, 0.29) is 0 Å². The Morgan fingerprint density at radius 3 is 2.60 bits per heavy atom. The highest BCUT2D eigenvalue weighted by Gasteiger charge is 2.53. The van der Waals surface area contributed by atoms with Crippen LogP contribution in [-0.2, 0) is 4.74 Å². The van der Waals surface area contributed by atoms with Crippen molar-refractivity contribution >= 4 is 0 Å². The van der Waals surface area contributed by atoms with Crippen molar-refractivity contribution in [3.63, 3.8) is 0 Å². The number of aliphatic hydroxyl groups is 1. The Balaban J connectivity index is 1.92. The molecule has 58 valence electrons. The Hall–Kier alpha value is -0.0800. The first-order valence-corrected chi connectivity index (χ1v) is 4.06. The van der Waals surface area contributed by atoms with Gasteiger partial charge in [-0.2, -0.15) is 0 Å². The van der Waals surface area contributed by atoms with Gasteiger partial charge in [0.15, 0.2) is 0 Å². The summed E-state index contributed by atoms with van der Waals surface area (Å²) in [4.78, 5) is 0. The van der Waals surface area contributed by atoms with Crippen molar-refractivity contribution in [3.8, 4) is 0 Å². The van der Waals surface area contributed by atoms with E-state index in [2.05, 4.69) is 0 Å². The standard InChI is InChI=1S/C8H14O2/c9-6-7-5-8(7)1-3-10-4-2-8/h7,9H,1-6H2/t7-/m0/s1. The molecule has 10 heavy (non-hydrogen) atoms. The third kappa shape index (κ3) is 0.867. The molecule has 0 unspecified atom stereocenters. The second-order valence-electron chi connectivity index (χ2n) is 3.56. The van der Waals surface area contributed by atoms with E-state index < -0.39 is 0 Å². The molecule has 1 atom stereocenters. The number of hydrogen-bond acceptors (Lipinski definition) is 2. The maximum absolute atomic E-state index is 8.88. The fraction of sp³-hybridized carbons (Fsp3) is 1.00. The van der Waals surface area contributed by atoms with E-state index in [1.54, 1.807) is 0 Å². The molecule has 1 saturated heterocycles. The van der Waals surface area contributed by atoms with Crippen molar-refractivity contribution in [1.82, 2.24) is 0 Å². The van der Waals surface area contributed by atoms with Crippen molar-refractivity contribution in [3.05, 3.63) is 0 Å². The van der Waals surface area contributed by atoms with Crippen LogP contribution in [0.25, 0.3) is 0 Å². The maximum Gasteiger partial charge on any atom is 0.0471 e. The smallest absolute Gasteiger partial charge is 0.0471 e. The minimum Gasteiger partial charge on any atom is -0.396 e. The summed E-state index contributed by atoms with van der Waals surface area (Å²) in [5.74, 6) is 0.608. The molecule has 2 fully saturated rings. The van der Waals surface area contributed by atoms with Crippen LogP contribution < -0.4 is 0 Å². The molecular weight excluding hydrogens is 128 g/mol. The molecule has 2 nitrogen and oxygen atoms in total. The van der Waals surface area contributed by atoms with Crippen LogP contribution in [0.1, 0.15) is 19.3 Å². The first kappa shape index (κ1) is 6.62. The molecule has 1 heterocycles. The summed E-state index contributed by atoms with van der Waals surface area (Å²) in [5.41, 5.74) is 0.521. The Kier molecular flexibility index (Phi) is 1.46. The van der Waals surface area contributed by atoms with Crippen LogP contribution in [0.3, 0.4) is 0 Å². The van der Waals surface area contributed by atoms with Crippen LogP contribution in [0, 0.1) is 11.3 Å². The van der Waals surface area contributed by atoms with Crippen molar-refractivity contribution in [2.45, 2.75) is 19.3 Å². The summed E-state index contributed by atoms with van der Waals surface area (Å²) in [6.07, 6.45) is 3.60. The van der Waals surface area contributed by atoms with E-state index in [9.17, 15) is 0 Å². The average molecular weight is 142 g/mol. The van der Waals surface area contributed by atoms with E-state index in [4.69, 9.17) is 9.84 Å². The third-order valence-corrected chi connectivity index (χ3v) is 3.07. The summed E-state index contributed by atoms with van der Waals surface area (Å²) in [5, 5.41) is 8.88. The lowest BCUT2D eigenvalue weighted by atomic mass is 9.94. The summed E-state index contributed by atoms with van der Waals surface area (Å²) in [6.45, 7) is 2.22. The zero-order valence-electron chi connectivity index (χ0n) is 6.18. The molecule has 0 aromatic rings. The maximum atomic E-state index is 8.88. The molecule has 2 aliphatic rings. The molecule has 0 radical (unpaired) electrons. The molecule has 2 rings (SSSR count). The van der Waals surface area contributed by atoms with E-state index in [0.29, 0.717) is 17.9 Å². The van der Waals surface area contributed by atoms with Gasteiger partial charge in [0.1, 0.15) is 0 Å². The van der Waals surface area contributed by atoms with Crippen LogP contribution in [0.4, 0.5) is 0 Å². The molecule has 1 N–H and O–H groups in total. The molecule has 1 aliphatic carbocycles. The lowest BCUT2D eigenvalue weighted by Crippen LogP contribution is -2.19. The summed E-state index contributed by atoms with van der Waals surface area (Å²) in [6, 6.07) is 0. The second-order valence-corrected chi connectivity index (χ2v) is 3.56. The Labute approximate surface area is 61.2 Å². The molecule has 0 bridgehead atoms. The zero-order chi connectivity index (χ0) is 7.03. The van der Waals surface area contributed by atoms with Crippen LogP contribution >= 0.6 is 0 Å². The fourth-order valence-electron chi connectivity index (χ4n) is 2.08. The number of ether oxygens (including phenoxy) is 1. The fourth-order valence-corrected chi connectivity index (χ4v) is 2.08. The topological polar surface area (TPSA) is 29.5 Å². The normalized spacial score (nSPS) is 36.3. The van der Waals surface area contributed by atoms with Gasteiger partial charge in [0.05, 0.1) is 0 Å². The van der Waals surface area contributed by atoms with E-state index in [1.807, 2.05) is 0 Å². The molecule has 0 amide bonds. The Bertz CT molecular complexity index is 127. The van der Waals surface area contributed by atoms with Crippen molar-refractivity contribution in [2.75, 3.05) is 19.8 Å². The number of aliphatic hydroxyl groups excluding tert-OH is 1. The SMILES string of the molecule is OC[C@@H]1CC12CCOCC2. The van der Waals surface area contributed by atoms with Crippen LogP contribution in [-0.4, -0.2) is 24.9 Å². The van der Waals surface area contributed by atoms with Crippen LogP contribution in [0.5, 0.6) is 0 Å². The highest BCUT2D eigenvalue weighted by molar-refractivity contribution is 5.02. The number of hydrogen-bond donors (Lipinski definition) is 1. The van der Waals surface area contributed by atoms with Crippen molar-refractivity contribution in [1.29, 1.82) is 0 Å². The van der Waals surface area contributed by atoms with Crippen LogP contribution in [0.2, 0.25) is 0 Å². The lowest BCUT2D eigenvalue weighted by Gasteiger charge is -2.22. The molecule has 1 spiro atoms. The molecule has 1 aliphatic heterocycles. The molecule has 0 aromatic heterocycles. The minimum absolute atomic E-state index is 0.389. The second kappa shape index (κ2) is 2.21. The average Bonchev–Trinajstić information content (AvgIpc) is 2.65. The predicted octanol–water partition coefficient (Wildman–Crippen LogP) is 0.795. The largest absolute Gasteiger partial charge is 0.396 e. The highest BCUT2D eigenvalue weighted by Crippen LogP contribution is 2.58. The van der Waals surface area contributed by atoms with Gasteiger partial charge in [-0.1, -0.05) is 0 Å².